The number of nitrogens with one attached hydrogen (secondary N) is 1. The summed E-state index contributed by atoms with van der Waals surface area (Å²) in [5, 5.41) is 12.8. The number of hydrogen-bond donors (Lipinski definition) is 1. The molecule has 0 amide bonds. The third-order valence-corrected chi connectivity index (χ3v) is 3.79. The van der Waals surface area contributed by atoms with Crippen molar-refractivity contribution >= 4 is 16.5 Å². The number of methoxy groups -OCH3 is 1. The van der Waals surface area contributed by atoms with Crippen molar-refractivity contribution in [3.63, 3.8) is 0 Å². The number of ether oxygens (including phenoxy) is 1. The Balaban J connectivity index is 2.20. The van der Waals surface area contributed by atoms with Crippen molar-refractivity contribution in [1.29, 1.82) is 0 Å². The van der Waals surface area contributed by atoms with Crippen LogP contribution in [0.5, 0.6) is 0 Å². The first-order valence-electron chi connectivity index (χ1n) is 6.88. The van der Waals surface area contributed by atoms with E-state index >= 15 is 0 Å². The van der Waals surface area contributed by atoms with E-state index in [1.54, 1.807) is 23.9 Å². The molecule has 0 aliphatic heterocycles. The molecule has 2 aromatic heterocycles. The molecule has 21 heavy (non-hydrogen) atoms. The summed E-state index contributed by atoms with van der Waals surface area (Å²) >= 11 is 1.40. The Kier molecular flexibility index (Phi) is 5.46. The van der Waals surface area contributed by atoms with Crippen LogP contribution in [0.3, 0.4) is 0 Å². The molecule has 0 spiro atoms. The highest BCUT2D eigenvalue weighted by atomic mass is 32.1. The SMILES string of the molecule is COCCn1cccc(-c2nnc(NCC(C)C)s2)c1=O. The Morgan fingerprint density at radius 2 is 2.24 bits per heavy atom. The van der Waals surface area contributed by atoms with E-state index in [0.717, 1.165) is 11.7 Å². The third-order valence-electron chi connectivity index (χ3n) is 2.87. The molecule has 0 unspecified atom stereocenters. The Morgan fingerprint density at radius 3 is 2.95 bits per heavy atom. The highest BCUT2D eigenvalue weighted by Gasteiger charge is 2.11. The van der Waals surface area contributed by atoms with Crippen LogP contribution in [0.25, 0.3) is 10.6 Å². The zero-order valence-electron chi connectivity index (χ0n) is 12.5. The summed E-state index contributed by atoms with van der Waals surface area (Å²) in [5.41, 5.74) is 0.504. The van der Waals surface area contributed by atoms with Crippen molar-refractivity contribution < 1.29 is 4.74 Å². The molecule has 114 valence electrons. The highest BCUT2D eigenvalue weighted by Crippen LogP contribution is 2.23. The summed E-state index contributed by atoms with van der Waals surface area (Å²) in [6.07, 6.45) is 1.75. The predicted octanol–water partition coefficient (Wildman–Crippen LogP) is 2.08. The predicted molar refractivity (Wildman–Crippen MR) is 84.8 cm³/mol. The molecular formula is C14H20N4O2S. The van der Waals surface area contributed by atoms with Gasteiger partial charge in [0.25, 0.3) is 5.56 Å². The Hall–Kier alpha value is -1.73. The van der Waals surface area contributed by atoms with E-state index in [4.69, 9.17) is 4.74 Å². The number of aromatic nitrogens is 3. The van der Waals surface area contributed by atoms with Crippen LogP contribution in [0.15, 0.2) is 23.1 Å². The molecule has 0 aliphatic rings. The molecule has 0 aromatic carbocycles. The van der Waals surface area contributed by atoms with Gasteiger partial charge in [-0.1, -0.05) is 25.2 Å². The Morgan fingerprint density at radius 1 is 1.43 bits per heavy atom. The monoisotopic (exact) mass is 308 g/mol. The van der Waals surface area contributed by atoms with Crippen LogP contribution in [0.4, 0.5) is 5.13 Å². The van der Waals surface area contributed by atoms with E-state index < -0.39 is 0 Å². The highest BCUT2D eigenvalue weighted by molar-refractivity contribution is 7.18. The topological polar surface area (TPSA) is 69.0 Å². The average molecular weight is 308 g/mol. The van der Waals surface area contributed by atoms with Gasteiger partial charge in [-0.05, 0) is 18.1 Å². The molecule has 2 rings (SSSR count). The van der Waals surface area contributed by atoms with Crippen molar-refractivity contribution in [3.05, 3.63) is 28.7 Å². The summed E-state index contributed by atoms with van der Waals surface area (Å²) < 4.78 is 6.64. The van der Waals surface area contributed by atoms with Gasteiger partial charge < -0.3 is 14.6 Å². The quantitative estimate of drug-likeness (QED) is 0.848. The molecule has 0 bridgehead atoms. The first-order chi connectivity index (χ1) is 10.1. The van der Waals surface area contributed by atoms with Gasteiger partial charge in [0.15, 0.2) is 5.01 Å². The van der Waals surface area contributed by atoms with Gasteiger partial charge in [-0.2, -0.15) is 0 Å². The fourth-order valence-electron chi connectivity index (χ4n) is 1.76. The average Bonchev–Trinajstić information content (AvgIpc) is 2.93. The summed E-state index contributed by atoms with van der Waals surface area (Å²) in [6.45, 7) is 6.11. The van der Waals surface area contributed by atoms with Crippen LogP contribution < -0.4 is 10.9 Å². The van der Waals surface area contributed by atoms with Gasteiger partial charge in [-0.25, -0.2) is 0 Å². The molecule has 0 atom stereocenters. The van der Waals surface area contributed by atoms with Crippen LogP contribution in [0.1, 0.15) is 13.8 Å². The lowest BCUT2D eigenvalue weighted by molar-refractivity contribution is 0.186. The van der Waals surface area contributed by atoms with Gasteiger partial charge in [0.1, 0.15) is 0 Å². The molecule has 1 N–H and O–H groups in total. The van der Waals surface area contributed by atoms with E-state index in [2.05, 4.69) is 29.4 Å². The van der Waals surface area contributed by atoms with Crippen LogP contribution in [0, 0.1) is 5.92 Å². The van der Waals surface area contributed by atoms with Gasteiger partial charge in [-0.15, -0.1) is 10.2 Å². The second-order valence-electron chi connectivity index (χ2n) is 5.10. The number of rotatable bonds is 7. The van der Waals surface area contributed by atoms with E-state index in [-0.39, 0.29) is 5.56 Å². The third kappa shape index (κ3) is 4.12. The lowest BCUT2D eigenvalue weighted by Gasteiger charge is -2.05. The van der Waals surface area contributed by atoms with Crippen LogP contribution >= 0.6 is 11.3 Å². The lowest BCUT2D eigenvalue weighted by atomic mass is 10.2. The zero-order chi connectivity index (χ0) is 15.2. The fourth-order valence-corrected chi connectivity index (χ4v) is 2.53. The smallest absolute Gasteiger partial charge is 0.261 e. The standard InChI is InChI=1S/C14H20N4O2S/c1-10(2)9-15-14-17-16-12(21-14)11-5-4-6-18(13(11)19)7-8-20-3/h4-6,10H,7-9H2,1-3H3,(H,15,17). The van der Waals surface area contributed by atoms with E-state index in [0.29, 0.717) is 29.6 Å². The Labute approximate surface area is 127 Å². The van der Waals surface area contributed by atoms with E-state index in [9.17, 15) is 4.79 Å². The summed E-state index contributed by atoms with van der Waals surface area (Å²) in [6, 6.07) is 3.62. The molecule has 7 heteroatoms. The molecule has 0 fully saturated rings. The van der Waals surface area contributed by atoms with Crippen molar-refractivity contribution in [1.82, 2.24) is 14.8 Å². The molecule has 0 saturated heterocycles. The molecular weight excluding hydrogens is 288 g/mol. The fraction of sp³-hybridized carbons (Fsp3) is 0.500. The summed E-state index contributed by atoms with van der Waals surface area (Å²) in [7, 11) is 1.62. The molecule has 0 saturated carbocycles. The van der Waals surface area contributed by atoms with Gasteiger partial charge in [0.2, 0.25) is 5.13 Å². The maximum atomic E-state index is 12.4. The second-order valence-corrected chi connectivity index (χ2v) is 6.08. The number of pyridine rings is 1. The summed E-state index contributed by atoms with van der Waals surface area (Å²) in [5.74, 6) is 0.528. The van der Waals surface area contributed by atoms with Gasteiger partial charge in [0.05, 0.1) is 12.2 Å². The first-order valence-corrected chi connectivity index (χ1v) is 7.69. The maximum absolute atomic E-state index is 12.4. The van der Waals surface area contributed by atoms with Crippen LogP contribution in [-0.2, 0) is 11.3 Å². The minimum absolute atomic E-state index is 0.0684. The van der Waals surface area contributed by atoms with Crippen molar-refractivity contribution in [2.45, 2.75) is 20.4 Å². The van der Waals surface area contributed by atoms with Crippen molar-refractivity contribution in [2.75, 3.05) is 25.6 Å². The number of anilines is 1. The van der Waals surface area contributed by atoms with Gasteiger partial charge >= 0.3 is 0 Å². The largest absolute Gasteiger partial charge is 0.383 e. The van der Waals surface area contributed by atoms with Crippen LogP contribution in [-0.4, -0.2) is 35.0 Å². The van der Waals surface area contributed by atoms with Gasteiger partial charge in [-0.3, -0.25) is 4.79 Å². The molecule has 0 radical (unpaired) electrons. The zero-order valence-corrected chi connectivity index (χ0v) is 13.3. The molecule has 2 aromatic rings. The lowest BCUT2D eigenvalue weighted by Crippen LogP contribution is -2.22. The minimum atomic E-state index is -0.0684. The first kappa shape index (κ1) is 15.7. The maximum Gasteiger partial charge on any atom is 0.261 e. The van der Waals surface area contributed by atoms with Crippen LogP contribution in [0.2, 0.25) is 0 Å². The minimum Gasteiger partial charge on any atom is -0.383 e. The number of nitrogens with zero attached hydrogens (tertiary/aromatic N) is 3. The Bertz CT molecular complexity index is 636. The molecule has 0 aliphatic carbocycles. The summed E-state index contributed by atoms with van der Waals surface area (Å²) in [4.78, 5) is 12.4. The van der Waals surface area contributed by atoms with Crippen molar-refractivity contribution in [3.8, 4) is 10.6 Å². The van der Waals surface area contributed by atoms with Crippen molar-refractivity contribution in [2.24, 2.45) is 5.92 Å². The normalized spacial score (nSPS) is 11.0. The van der Waals surface area contributed by atoms with E-state index in [1.807, 2.05) is 6.07 Å². The van der Waals surface area contributed by atoms with E-state index in [1.165, 1.54) is 11.3 Å². The number of hydrogen-bond acceptors (Lipinski definition) is 6. The van der Waals surface area contributed by atoms with Gasteiger partial charge in [0, 0.05) is 26.4 Å². The molecule has 6 nitrogen and oxygen atoms in total. The molecule has 2 heterocycles. The second kappa shape index (κ2) is 7.33.